The van der Waals surface area contributed by atoms with Crippen molar-refractivity contribution in [2.75, 3.05) is 0 Å². The molecule has 0 atom stereocenters. The molecule has 5 heteroatoms. The predicted octanol–water partition coefficient (Wildman–Crippen LogP) is 3.84. The van der Waals surface area contributed by atoms with Crippen molar-refractivity contribution in [1.82, 2.24) is 15.0 Å². The number of hydrogen-bond acceptors (Lipinski definition) is 3. The van der Waals surface area contributed by atoms with Crippen LogP contribution >= 0.6 is 28.1 Å². The van der Waals surface area contributed by atoms with Crippen LogP contribution in [-0.4, -0.2) is 15.0 Å². The topological polar surface area (TPSA) is 41.6 Å². The van der Waals surface area contributed by atoms with E-state index in [-0.39, 0.29) is 0 Å². The van der Waals surface area contributed by atoms with Gasteiger partial charge in [0.25, 0.3) is 0 Å². The molecule has 86 valence electrons. The number of pyridine rings is 1. The van der Waals surface area contributed by atoms with E-state index in [1.54, 1.807) is 6.20 Å². The molecule has 2 aromatic heterocycles. The van der Waals surface area contributed by atoms with Gasteiger partial charge in [0, 0.05) is 16.4 Å². The zero-order valence-electron chi connectivity index (χ0n) is 8.98. The average molecular weight is 308 g/mol. The van der Waals surface area contributed by atoms with Crippen LogP contribution in [0.4, 0.5) is 0 Å². The Morgan fingerprint density at radius 2 is 2.24 bits per heavy atom. The van der Waals surface area contributed by atoms with E-state index in [1.807, 2.05) is 18.2 Å². The molecule has 0 radical (unpaired) electrons. The van der Waals surface area contributed by atoms with Crippen LogP contribution in [-0.2, 0) is 0 Å². The third-order valence-corrected chi connectivity index (χ3v) is 3.61. The molecule has 0 amide bonds. The minimum Gasteiger partial charge on any atom is -0.342 e. The van der Waals surface area contributed by atoms with Gasteiger partial charge < -0.3 is 4.98 Å². The van der Waals surface area contributed by atoms with Gasteiger partial charge in [-0.2, -0.15) is 0 Å². The number of rotatable bonds is 2. The summed E-state index contributed by atoms with van der Waals surface area (Å²) in [7, 11) is 0. The van der Waals surface area contributed by atoms with Gasteiger partial charge in [-0.15, -0.1) is 0 Å². The molecule has 0 bridgehead atoms. The van der Waals surface area contributed by atoms with E-state index in [9.17, 15) is 0 Å². The quantitative estimate of drug-likeness (QED) is 0.857. The molecule has 0 spiro atoms. The van der Waals surface area contributed by atoms with Gasteiger partial charge in [0.05, 0.1) is 0 Å². The van der Waals surface area contributed by atoms with E-state index in [0.717, 1.165) is 16.0 Å². The summed E-state index contributed by atoms with van der Waals surface area (Å²) >= 11 is 8.68. The Balaban J connectivity index is 2.14. The zero-order chi connectivity index (χ0) is 11.8. The molecule has 2 heterocycles. The molecule has 0 unspecified atom stereocenters. The minimum absolute atomic E-state index is 0.623. The molecule has 1 saturated carbocycles. The third-order valence-electron chi connectivity index (χ3n) is 2.76. The number of nitrogens with zero attached hydrogens (tertiary/aromatic N) is 2. The fraction of sp³-hybridized carbons (Fsp3) is 0.250. The maximum atomic E-state index is 5.20. The SMILES string of the molecule is S=c1cc(C2CC2)[nH]c(-c2ncccc2Br)n1. The fourth-order valence-electron chi connectivity index (χ4n) is 1.76. The van der Waals surface area contributed by atoms with Gasteiger partial charge in [-0.05, 0) is 52.9 Å². The van der Waals surface area contributed by atoms with Crippen LogP contribution in [0.25, 0.3) is 11.5 Å². The molecule has 0 aromatic carbocycles. The summed E-state index contributed by atoms with van der Waals surface area (Å²) in [6.07, 6.45) is 4.22. The van der Waals surface area contributed by atoms with E-state index in [4.69, 9.17) is 12.2 Å². The second kappa shape index (κ2) is 4.31. The Morgan fingerprint density at radius 3 is 2.94 bits per heavy atom. The van der Waals surface area contributed by atoms with Gasteiger partial charge >= 0.3 is 0 Å². The van der Waals surface area contributed by atoms with Crippen molar-refractivity contribution in [3.05, 3.63) is 39.2 Å². The van der Waals surface area contributed by atoms with Crippen LogP contribution in [0.3, 0.4) is 0 Å². The Kier molecular flexibility index (Phi) is 2.80. The standard InChI is InChI=1S/C12H10BrN3S/c13-8-2-1-5-14-11(8)12-15-9(7-3-4-7)6-10(17)16-12/h1-2,5-7H,3-4H2,(H,15,16,17). The van der Waals surface area contributed by atoms with E-state index < -0.39 is 0 Å². The van der Waals surface area contributed by atoms with E-state index in [2.05, 4.69) is 30.9 Å². The van der Waals surface area contributed by atoms with Crippen molar-refractivity contribution in [2.24, 2.45) is 0 Å². The predicted molar refractivity (Wildman–Crippen MR) is 72.3 cm³/mol. The number of halogens is 1. The van der Waals surface area contributed by atoms with Crippen LogP contribution < -0.4 is 0 Å². The molecule has 1 N–H and O–H groups in total. The van der Waals surface area contributed by atoms with Crippen molar-refractivity contribution >= 4 is 28.1 Å². The lowest BCUT2D eigenvalue weighted by atomic mass is 10.2. The second-order valence-electron chi connectivity index (χ2n) is 4.13. The van der Waals surface area contributed by atoms with Gasteiger partial charge in [-0.25, -0.2) is 4.98 Å². The highest BCUT2D eigenvalue weighted by Gasteiger charge is 2.25. The molecule has 2 aromatic rings. The maximum Gasteiger partial charge on any atom is 0.158 e. The number of hydrogen-bond donors (Lipinski definition) is 1. The monoisotopic (exact) mass is 307 g/mol. The summed E-state index contributed by atoms with van der Waals surface area (Å²) in [6.45, 7) is 0. The van der Waals surface area contributed by atoms with Crippen LogP contribution in [0, 0.1) is 4.64 Å². The highest BCUT2D eigenvalue weighted by atomic mass is 79.9. The molecule has 0 aliphatic heterocycles. The first-order valence-corrected chi connectivity index (χ1v) is 6.66. The fourth-order valence-corrected chi connectivity index (χ4v) is 2.42. The Bertz CT molecular complexity index is 619. The highest BCUT2D eigenvalue weighted by Crippen LogP contribution is 2.39. The van der Waals surface area contributed by atoms with Gasteiger partial charge in [0.1, 0.15) is 10.3 Å². The first kappa shape index (κ1) is 11.0. The Labute approximate surface area is 112 Å². The van der Waals surface area contributed by atoms with Crippen molar-refractivity contribution in [1.29, 1.82) is 0 Å². The zero-order valence-corrected chi connectivity index (χ0v) is 11.4. The molecule has 3 nitrogen and oxygen atoms in total. The lowest BCUT2D eigenvalue weighted by Crippen LogP contribution is -1.97. The normalized spacial score (nSPS) is 14.9. The molecule has 0 saturated heterocycles. The summed E-state index contributed by atoms with van der Waals surface area (Å²) in [5.74, 6) is 1.37. The number of H-pyrrole nitrogens is 1. The largest absolute Gasteiger partial charge is 0.342 e. The molecular weight excluding hydrogens is 298 g/mol. The summed E-state index contributed by atoms with van der Waals surface area (Å²) in [5, 5.41) is 0. The van der Waals surface area contributed by atoms with Crippen LogP contribution in [0.2, 0.25) is 0 Å². The van der Waals surface area contributed by atoms with Gasteiger partial charge in [0.15, 0.2) is 5.82 Å². The minimum atomic E-state index is 0.623. The van der Waals surface area contributed by atoms with E-state index in [1.165, 1.54) is 18.5 Å². The average Bonchev–Trinajstić information content (AvgIpc) is 3.12. The summed E-state index contributed by atoms with van der Waals surface area (Å²) in [4.78, 5) is 12.0. The smallest absolute Gasteiger partial charge is 0.158 e. The first-order chi connectivity index (χ1) is 8.24. The molecular formula is C12H10BrN3S. The Hall–Kier alpha value is -1.07. The number of aromatic amines is 1. The van der Waals surface area contributed by atoms with Crippen molar-refractivity contribution in [3.63, 3.8) is 0 Å². The molecule has 1 fully saturated rings. The molecule has 1 aliphatic rings. The molecule has 3 rings (SSSR count). The van der Waals surface area contributed by atoms with Gasteiger partial charge in [0.2, 0.25) is 0 Å². The highest BCUT2D eigenvalue weighted by molar-refractivity contribution is 9.10. The molecule has 1 aliphatic carbocycles. The second-order valence-corrected chi connectivity index (χ2v) is 5.40. The van der Waals surface area contributed by atoms with Gasteiger partial charge in [-0.3, -0.25) is 4.98 Å². The van der Waals surface area contributed by atoms with Gasteiger partial charge in [-0.1, -0.05) is 12.2 Å². The molecule has 17 heavy (non-hydrogen) atoms. The summed E-state index contributed by atoms with van der Waals surface area (Å²) in [5.41, 5.74) is 1.98. The third kappa shape index (κ3) is 2.30. The lowest BCUT2D eigenvalue weighted by Gasteiger charge is -2.05. The van der Waals surface area contributed by atoms with Crippen molar-refractivity contribution in [3.8, 4) is 11.5 Å². The van der Waals surface area contributed by atoms with Crippen LogP contribution in [0.1, 0.15) is 24.5 Å². The van der Waals surface area contributed by atoms with Crippen molar-refractivity contribution < 1.29 is 0 Å². The van der Waals surface area contributed by atoms with Crippen LogP contribution in [0.15, 0.2) is 28.9 Å². The van der Waals surface area contributed by atoms with Crippen LogP contribution in [0.5, 0.6) is 0 Å². The summed E-state index contributed by atoms with van der Waals surface area (Å²) in [6, 6.07) is 5.78. The Morgan fingerprint density at radius 1 is 1.41 bits per heavy atom. The van der Waals surface area contributed by atoms with E-state index >= 15 is 0 Å². The van der Waals surface area contributed by atoms with Crippen molar-refractivity contribution in [2.45, 2.75) is 18.8 Å². The summed E-state index contributed by atoms with van der Waals surface area (Å²) < 4.78 is 1.55. The first-order valence-electron chi connectivity index (χ1n) is 5.46. The maximum absolute atomic E-state index is 5.20. The van der Waals surface area contributed by atoms with E-state index in [0.29, 0.717) is 10.6 Å². The number of nitrogens with one attached hydrogen (secondary N) is 1. The lowest BCUT2D eigenvalue weighted by molar-refractivity contribution is 0.980. The number of aromatic nitrogens is 3.